The van der Waals surface area contributed by atoms with Crippen molar-refractivity contribution in [2.75, 3.05) is 39.3 Å². The van der Waals surface area contributed by atoms with Crippen LogP contribution in [0.2, 0.25) is 0 Å². The monoisotopic (exact) mass is 311 g/mol. The van der Waals surface area contributed by atoms with Crippen molar-refractivity contribution in [2.24, 2.45) is 5.92 Å². The Labute approximate surface area is 139 Å². The molecule has 0 spiro atoms. The highest BCUT2D eigenvalue weighted by molar-refractivity contribution is 4.81. The quantitative estimate of drug-likeness (QED) is 0.808. The topological polar surface area (TPSA) is 18.5 Å². The van der Waals surface area contributed by atoms with E-state index in [4.69, 9.17) is 0 Å². The Morgan fingerprint density at radius 1 is 0.909 bits per heavy atom. The van der Waals surface area contributed by atoms with Gasteiger partial charge < -0.3 is 15.1 Å². The van der Waals surface area contributed by atoms with Gasteiger partial charge in [-0.25, -0.2) is 0 Å². The maximum Gasteiger partial charge on any atom is 0.00937 e. The standard InChI is InChI=1S/C17H35N3.C2H6/c1-4-9-19-10-5-16(6-11-19)14-20-12-7-17(8-13-20)18-15(2)3;1-2/h15-18H,4-14H2,1-3H3;1-2H3. The molecule has 3 heteroatoms. The first kappa shape index (κ1) is 19.9. The van der Waals surface area contributed by atoms with Crippen molar-refractivity contribution in [1.82, 2.24) is 15.1 Å². The van der Waals surface area contributed by atoms with Gasteiger partial charge in [-0.3, -0.25) is 0 Å². The molecular weight excluding hydrogens is 270 g/mol. The lowest BCUT2D eigenvalue weighted by atomic mass is 9.94. The van der Waals surface area contributed by atoms with Gasteiger partial charge in [0.15, 0.2) is 0 Å². The minimum absolute atomic E-state index is 0.634. The van der Waals surface area contributed by atoms with E-state index >= 15 is 0 Å². The minimum atomic E-state index is 0.634. The van der Waals surface area contributed by atoms with E-state index in [9.17, 15) is 0 Å². The number of piperidine rings is 2. The molecule has 0 atom stereocenters. The molecule has 2 saturated heterocycles. The maximum absolute atomic E-state index is 3.69. The average Bonchev–Trinajstić information content (AvgIpc) is 2.53. The van der Waals surface area contributed by atoms with Gasteiger partial charge in [-0.2, -0.15) is 0 Å². The Bertz CT molecular complexity index is 251. The summed E-state index contributed by atoms with van der Waals surface area (Å²) in [5, 5.41) is 3.69. The molecule has 132 valence electrons. The summed E-state index contributed by atoms with van der Waals surface area (Å²) in [5.41, 5.74) is 0. The molecule has 2 fully saturated rings. The third kappa shape index (κ3) is 7.43. The lowest BCUT2D eigenvalue weighted by Crippen LogP contribution is -2.47. The first-order valence-electron chi connectivity index (χ1n) is 9.88. The molecule has 1 N–H and O–H groups in total. The van der Waals surface area contributed by atoms with Gasteiger partial charge >= 0.3 is 0 Å². The number of rotatable bonds is 6. The first-order chi connectivity index (χ1) is 10.7. The molecule has 0 bridgehead atoms. The molecule has 0 unspecified atom stereocenters. The molecule has 2 aliphatic rings. The summed E-state index contributed by atoms with van der Waals surface area (Å²) in [6, 6.07) is 1.40. The van der Waals surface area contributed by atoms with Crippen LogP contribution in [-0.4, -0.2) is 61.2 Å². The molecule has 0 aromatic rings. The van der Waals surface area contributed by atoms with E-state index in [1.54, 1.807) is 0 Å². The minimum Gasteiger partial charge on any atom is -0.312 e. The molecule has 3 nitrogen and oxygen atoms in total. The fourth-order valence-electron chi connectivity index (χ4n) is 3.83. The number of likely N-dealkylation sites (tertiary alicyclic amines) is 2. The summed E-state index contributed by atoms with van der Waals surface area (Å²) in [5.74, 6) is 0.956. The highest BCUT2D eigenvalue weighted by Crippen LogP contribution is 2.20. The van der Waals surface area contributed by atoms with Crippen LogP contribution in [0.5, 0.6) is 0 Å². The predicted octanol–water partition coefficient (Wildman–Crippen LogP) is 3.60. The molecule has 22 heavy (non-hydrogen) atoms. The summed E-state index contributed by atoms with van der Waals surface area (Å²) >= 11 is 0. The van der Waals surface area contributed by atoms with Crippen LogP contribution in [0.3, 0.4) is 0 Å². The SMILES string of the molecule is CC.CCCN1CCC(CN2CCC(NC(C)C)CC2)CC1. The summed E-state index contributed by atoms with van der Waals surface area (Å²) in [6.07, 6.45) is 6.83. The highest BCUT2D eigenvalue weighted by atomic mass is 15.2. The van der Waals surface area contributed by atoms with E-state index in [0.717, 1.165) is 12.0 Å². The van der Waals surface area contributed by atoms with Crippen molar-refractivity contribution in [3.05, 3.63) is 0 Å². The Morgan fingerprint density at radius 3 is 1.95 bits per heavy atom. The summed E-state index contributed by atoms with van der Waals surface area (Å²) in [6.45, 7) is 18.8. The number of nitrogens with one attached hydrogen (secondary N) is 1. The largest absolute Gasteiger partial charge is 0.312 e. The number of nitrogens with zero attached hydrogens (tertiary/aromatic N) is 2. The van der Waals surface area contributed by atoms with Crippen LogP contribution in [0, 0.1) is 5.92 Å². The van der Waals surface area contributed by atoms with Crippen molar-refractivity contribution in [3.63, 3.8) is 0 Å². The molecule has 2 rings (SSSR count). The Morgan fingerprint density at radius 2 is 1.45 bits per heavy atom. The molecule has 0 amide bonds. The van der Waals surface area contributed by atoms with Gasteiger partial charge in [0.1, 0.15) is 0 Å². The third-order valence-electron chi connectivity index (χ3n) is 4.92. The van der Waals surface area contributed by atoms with Crippen LogP contribution in [-0.2, 0) is 0 Å². The van der Waals surface area contributed by atoms with Crippen molar-refractivity contribution < 1.29 is 0 Å². The van der Waals surface area contributed by atoms with Crippen molar-refractivity contribution in [1.29, 1.82) is 0 Å². The van der Waals surface area contributed by atoms with Gasteiger partial charge in [0.25, 0.3) is 0 Å². The molecule has 0 radical (unpaired) electrons. The van der Waals surface area contributed by atoms with Crippen molar-refractivity contribution >= 4 is 0 Å². The van der Waals surface area contributed by atoms with Crippen LogP contribution >= 0.6 is 0 Å². The van der Waals surface area contributed by atoms with Gasteiger partial charge in [0, 0.05) is 18.6 Å². The molecule has 2 heterocycles. The molecule has 0 aromatic heterocycles. The van der Waals surface area contributed by atoms with Gasteiger partial charge in [0.05, 0.1) is 0 Å². The van der Waals surface area contributed by atoms with E-state index in [2.05, 4.69) is 35.9 Å². The normalized spacial score (nSPS) is 22.6. The number of hydrogen-bond acceptors (Lipinski definition) is 3. The van der Waals surface area contributed by atoms with Gasteiger partial charge in [-0.05, 0) is 70.7 Å². The summed E-state index contributed by atoms with van der Waals surface area (Å²) in [4.78, 5) is 5.37. The molecule has 2 aliphatic heterocycles. The summed E-state index contributed by atoms with van der Waals surface area (Å²) < 4.78 is 0. The Hall–Kier alpha value is -0.120. The zero-order valence-corrected chi connectivity index (χ0v) is 15.9. The van der Waals surface area contributed by atoms with Gasteiger partial charge in [-0.15, -0.1) is 0 Å². The zero-order valence-electron chi connectivity index (χ0n) is 15.9. The molecule has 0 aromatic carbocycles. The molecule has 0 saturated carbocycles. The average molecular weight is 312 g/mol. The first-order valence-corrected chi connectivity index (χ1v) is 9.88. The van der Waals surface area contributed by atoms with Crippen molar-refractivity contribution in [2.45, 2.75) is 78.8 Å². The lowest BCUT2D eigenvalue weighted by molar-refractivity contribution is 0.122. The summed E-state index contributed by atoms with van der Waals surface area (Å²) in [7, 11) is 0. The maximum atomic E-state index is 3.69. The van der Waals surface area contributed by atoms with E-state index in [-0.39, 0.29) is 0 Å². The van der Waals surface area contributed by atoms with Crippen LogP contribution in [0.25, 0.3) is 0 Å². The van der Waals surface area contributed by atoms with E-state index in [0.29, 0.717) is 6.04 Å². The Balaban J connectivity index is 0.00000116. The van der Waals surface area contributed by atoms with Crippen LogP contribution in [0.1, 0.15) is 66.7 Å². The lowest BCUT2D eigenvalue weighted by Gasteiger charge is -2.38. The van der Waals surface area contributed by atoms with Crippen LogP contribution in [0.4, 0.5) is 0 Å². The smallest absolute Gasteiger partial charge is 0.00937 e. The third-order valence-corrected chi connectivity index (χ3v) is 4.92. The predicted molar refractivity (Wildman–Crippen MR) is 98.5 cm³/mol. The second-order valence-corrected chi connectivity index (χ2v) is 7.18. The van der Waals surface area contributed by atoms with E-state index in [1.807, 2.05) is 13.8 Å². The van der Waals surface area contributed by atoms with E-state index in [1.165, 1.54) is 71.4 Å². The molecule has 0 aliphatic carbocycles. The second-order valence-electron chi connectivity index (χ2n) is 7.18. The second kappa shape index (κ2) is 11.4. The Kier molecular flexibility index (Phi) is 10.3. The van der Waals surface area contributed by atoms with Gasteiger partial charge in [-0.1, -0.05) is 34.6 Å². The fraction of sp³-hybridized carbons (Fsp3) is 1.00. The highest BCUT2D eigenvalue weighted by Gasteiger charge is 2.24. The fourth-order valence-corrected chi connectivity index (χ4v) is 3.83. The van der Waals surface area contributed by atoms with E-state index < -0.39 is 0 Å². The zero-order chi connectivity index (χ0) is 16.4. The number of hydrogen-bond donors (Lipinski definition) is 1. The van der Waals surface area contributed by atoms with Crippen molar-refractivity contribution in [3.8, 4) is 0 Å². The molecular formula is C19H41N3. The van der Waals surface area contributed by atoms with Gasteiger partial charge in [0.2, 0.25) is 0 Å². The van der Waals surface area contributed by atoms with Crippen LogP contribution < -0.4 is 5.32 Å². The van der Waals surface area contributed by atoms with Crippen LogP contribution in [0.15, 0.2) is 0 Å².